The van der Waals surface area contributed by atoms with Crippen molar-refractivity contribution in [3.63, 3.8) is 0 Å². The number of nitrogens with zero attached hydrogens (tertiary/aromatic N) is 2. The van der Waals surface area contributed by atoms with Crippen LogP contribution in [0.15, 0.2) is 41.8 Å². The van der Waals surface area contributed by atoms with E-state index in [9.17, 15) is 14.4 Å². The molecule has 174 valence electrons. The van der Waals surface area contributed by atoms with Crippen molar-refractivity contribution in [3.05, 3.63) is 52.3 Å². The number of ether oxygens (including phenoxy) is 2. The highest BCUT2D eigenvalue weighted by atomic mass is 32.1. The summed E-state index contributed by atoms with van der Waals surface area (Å²) in [6.45, 7) is 5.45. The van der Waals surface area contributed by atoms with Gasteiger partial charge in [0.2, 0.25) is 0 Å². The van der Waals surface area contributed by atoms with Crippen molar-refractivity contribution >= 4 is 40.3 Å². The van der Waals surface area contributed by atoms with Gasteiger partial charge >= 0.3 is 0 Å². The van der Waals surface area contributed by atoms with E-state index in [0.717, 1.165) is 16.3 Å². The molecule has 2 unspecified atom stereocenters. The Morgan fingerprint density at radius 1 is 1.24 bits per heavy atom. The Kier molecular flexibility index (Phi) is 5.57. The lowest BCUT2D eigenvalue weighted by molar-refractivity contribution is -0.126. The molecule has 2 aliphatic heterocycles. The summed E-state index contributed by atoms with van der Waals surface area (Å²) in [5.41, 5.74) is 2.99. The highest BCUT2D eigenvalue weighted by Crippen LogP contribution is 2.40. The van der Waals surface area contributed by atoms with Gasteiger partial charge in [-0.3, -0.25) is 19.3 Å². The number of aromatic nitrogens is 1. The predicted molar refractivity (Wildman–Crippen MR) is 129 cm³/mol. The van der Waals surface area contributed by atoms with Crippen molar-refractivity contribution in [2.75, 3.05) is 16.8 Å². The van der Waals surface area contributed by atoms with Crippen LogP contribution in [0.3, 0.4) is 0 Å². The molecule has 2 atom stereocenters. The zero-order chi connectivity index (χ0) is 24.0. The molecule has 0 saturated heterocycles. The molecule has 1 N–H and O–H groups in total. The number of nitrogens with one attached hydrogen (secondary N) is 1. The van der Waals surface area contributed by atoms with Crippen LogP contribution in [0.25, 0.3) is 11.3 Å². The summed E-state index contributed by atoms with van der Waals surface area (Å²) < 4.78 is 11.3. The van der Waals surface area contributed by atoms with Crippen molar-refractivity contribution in [1.82, 2.24) is 4.98 Å². The predicted octanol–water partition coefficient (Wildman–Crippen LogP) is 4.22. The summed E-state index contributed by atoms with van der Waals surface area (Å²) in [4.78, 5) is 44.7. The maximum atomic E-state index is 13.5. The Bertz CT molecular complexity index is 1320. The van der Waals surface area contributed by atoms with E-state index >= 15 is 0 Å². The van der Waals surface area contributed by atoms with Gasteiger partial charge in [-0.25, -0.2) is 4.98 Å². The SMILES string of the molecule is CCC1Oc2ccc(-c3csc(C)n3)cc2N(C(C)C(=O)c2ccc3c(c2)NC(=O)CO3)C1=O. The minimum absolute atomic E-state index is 0.0605. The third-order valence-corrected chi connectivity index (χ3v) is 6.72. The van der Waals surface area contributed by atoms with E-state index in [1.807, 2.05) is 37.4 Å². The number of rotatable bonds is 5. The van der Waals surface area contributed by atoms with Crippen molar-refractivity contribution in [3.8, 4) is 22.8 Å². The maximum absolute atomic E-state index is 13.5. The van der Waals surface area contributed by atoms with Gasteiger partial charge in [0.05, 0.1) is 28.1 Å². The molecule has 0 aliphatic carbocycles. The van der Waals surface area contributed by atoms with Gasteiger partial charge in [-0.1, -0.05) is 6.92 Å². The van der Waals surface area contributed by atoms with Crippen molar-refractivity contribution in [2.24, 2.45) is 0 Å². The van der Waals surface area contributed by atoms with E-state index in [1.54, 1.807) is 36.5 Å². The molecule has 0 saturated carbocycles. The molecule has 5 rings (SSSR count). The highest BCUT2D eigenvalue weighted by Gasteiger charge is 2.39. The molecule has 0 fully saturated rings. The van der Waals surface area contributed by atoms with Crippen LogP contribution in [0, 0.1) is 6.92 Å². The zero-order valence-electron chi connectivity index (χ0n) is 19.0. The van der Waals surface area contributed by atoms with Crippen LogP contribution in [0.4, 0.5) is 11.4 Å². The molecule has 8 nitrogen and oxygen atoms in total. The van der Waals surface area contributed by atoms with Gasteiger partial charge < -0.3 is 14.8 Å². The molecule has 2 amide bonds. The van der Waals surface area contributed by atoms with Gasteiger partial charge in [-0.2, -0.15) is 0 Å². The molecule has 1 aromatic heterocycles. The molecule has 3 heterocycles. The summed E-state index contributed by atoms with van der Waals surface area (Å²) in [5.74, 6) is 0.252. The van der Waals surface area contributed by atoms with Crippen LogP contribution in [0.1, 0.15) is 35.6 Å². The fraction of sp³-hybridized carbons (Fsp3) is 0.280. The second kappa shape index (κ2) is 8.57. The third-order valence-electron chi connectivity index (χ3n) is 5.95. The van der Waals surface area contributed by atoms with E-state index in [4.69, 9.17) is 9.47 Å². The standard InChI is InChI=1S/C25H23N3O5S/c1-4-20-25(31)28(19-10-15(5-8-22(19)33-20)18-12-34-14(3)26-18)13(2)24(30)16-6-7-21-17(9-16)27-23(29)11-32-21/h5-10,12-13,20H,4,11H2,1-3H3,(H,27,29). The van der Waals surface area contributed by atoms with Crippen molar-refractivity contribution in [2.45, 2.75) is 39.3 Å². The van der Waals surface area contributed by atoms with Gasteiger partial charge in [0, 0.05) is 16.5 Å². The molecule has 2 aromatic carbocycles. The Hall–Kier alpha value is -3.72. The van der Waals surface area contributed by atoms with Gasteiger partial charge in [0.25, 0.3) is 11.8 Å². The van der Waals surface area contributed by atoms with E-state index in [-0.39, 0.29) is 24.2 Å². The van der Waals surface area contributed by atoms with E-state index in [2.05, 4.69) is 10.3 Å². The summed E-state index contributed by atoms with van der Waals surface area (Å²) >= 11 is 1.54. The first kappa shape index (κ1) is 22.1. The number of fused-ring (bicyclic) bond motifs is 2. The number of amides is 2. The van der Waals surface area contributed by atoms with Gasteiger partial charge in [0.15, 0.2) is 18.5 Å². The third kappa shape index (κ3) is 3.81. The Labute approximate surface area is 200 Å². The number of anilines is 2. The average Bonchev–Trinajstić information content (AvgIpc) is 3.28. The minimum Gasteiger partial charge on any atom is -0.482 e. The van der Waals surface area contributed by atoms with Crippen LogP contribution < -0.4 is 19.7 Å². The molecule has 34 heavy (non-hydrogen) atoms. The van der Waals surface area contributed by atoms with E-state index in [0.29, 0.717) is 34.9 Å². The van der Waals surface area contributed by atoms with Gasteiger partial charge in [-0.05, 0) is 56.7 Å². The largest absolute Gasteiger partial charge is 0.482 e. The quantitative estimate of drug-likeness (QED) is 0.553. The van der Waals surface area contributed by atoms with Crippen molar-refractivity contribution < 1.29 is 23.9 Å². The molecule has 3 aromatic rings. The fourth-order valence-electron chi connectivity index (χ4n) is 4.19. The number of carbonyl (C=O) groups is 3. The average molecular weight is 478 g/mol. The monoisotopic (exact) mass is 477 g/mol. The molecular formula is C25H23N3O5S. The number of Topliss-reactive ketones (excluding diaryl/α,β-unsaturated/α-hetero) is 1. The molecular weight excluding hydrogens is 454 g/mol. The summed E-state index contributed by atoms with van der Waals surface area (Å²) in [5, 5.41) is 5.62. The maximum Gasteiger partial charge on any atom is 0.268 e. The second-order valence-electron chi connectivity index (χ2n) is 8.25. The number of hydrogen-bond acceptors (Lipinski definition) is 7. The van der Waals surface area contributed by atoms with E-state index in [1.165, 1.54) is 4.90 Å². The molecule has 9 heteroatoms. The first-order valence-corrected chi connectivity index (χ1v) is 11.9. The normalized spacial score (nSPS) is 17.7. The summed E-state index contributed by atoms with van der Waals surface area (Å²) in [6, 6.07) is 9.67. The molecule has 2 aliphatic rings. The van der Waals surface area contributed by atoms with Crippen LogP contribution in [0.2, 0.25) is 0 Å². The summed E-state index contributed by atoms with van der Waals surface area (Å²) in [7, 11) is 0. The van der Waals surface area contributed by atoms with Crippen LogP contribution in [-0.4, -0.2) is 41.3 Å². The number of hydrogen-bond donors (Lipinski definition) is 1. The number of aryl methyl sites for hydroxylation is 1. The van der Waals surface area contributed by atoms with Crippen LogP contribution in [-0.2, 0) is 9.59 Å². The Morgan fingerprint density at radius 2 is 2.03 bits per heavy atom. The second-order valence-corrected chi connectivity index (χ2v) is 9.31. The van der Waals surface area contributed by atoms with E-state index < -0.39 is 12.1 Å². The topological polar surface area (TPSA) is 97.8 Å². The van der Waals surface area contributed by atoms with Gasteiger partial charge in [-0.15, -0.1) is 11.3 Å². The molecule has 0 bridgehead atoms. The number of ketones is 1. The van der Waals surface area contributed by atoms with Crippen molar-refractivity contribution in [1.29, 1.82) is 0 Å². The minimum atomic E-state index is -0.796. The fourth-order valence-corrected chi connectivity index (χ4v) is 4.81. The Morgan fingerprint density at radius 3 is 2.76 bits per heavy atom. The molecule has 0 radical (unpaired) electrons. The Balaban J connectivity index is 1.53. The van der Waals surface area contributed by atoms with Gasteiger partial charge in [0.1, 0.15) is 11.5 Å². The van der Waals surface area contributed by atoms with Crippen LogP contribution >= 0.6 is 11.3 Å². The lowest BCUT2D eigenvalue weighted by atomic mass is 9.99. The molecule has 0 spiro atoms. The number of benzene rings is 2. The number of thiazole rings is 1. The summed E-state index contributed by atoms with van der Waals surface area (Å²) in [6.07, 6.45) is -0.198. The van der Waals surface area contributed by atoms with Crippen LogP contribution in [0.5, 0.6) is 11.5 Å². The first-order valence-electron chi connectivity index (χ1n) is 11.0. The number of carbonyl (C=O) groups excluding carboxylic acids is 3. The lowest BCUT2D eigenvalue weighted by Crippen LogP contribution is -2.52. The smallest absolute Gasteiger partial charge is 0.268 e. The highest BCUT2D eigenvalue weighted by molar-refractivity contribution is 7.09. The zero-order valence-corrected chi connectivity index (χ0v) is 19.8. The first-order chi connectivity index (χ1) is 16.4. The lowest BCUT2D eigenvalue weighted by Gasteiger charge is -2.37.